The molecule has 0 bridgehead atoms. The van der Waals surface area contributed by atoms with E-state index in [2.05, 4.69) is 6.92 Å². The summed E-state index contributed by atoms with van der Waals surface area (Å²) in [4.78, 5) is 11.4. The van der Waals surface area contributed by atoms with Gasteiger partial charge in [0, 0.05) is 5.75 Å². The topological polar surface area (TPSA) is 46.5 Å². The molecule has 0 spiro atoms. The summed E-state index contributed by atoms with van der Waals surface area (Å²) < 4.78 is 5.09. The van der Waals surface area contributed by atoms with Gasteiger partial charge in [-0.3, -0.25) is 4.79 Å². The first-order valence-electron chi connectivity index (χ1n) is 5.15. The highest BCUT2D eigenvalue weighted by Crippen LogP contribution is 2.15. The van der Waals surface area contributed by atoms with Crippen LogP contribution in [0.1, 0.15) is 33.1 Å². The van der Waals surface area contributed by atoms with E-state index in [4.69, 9.17) is 9.84 Å². The molecule has 0 saturated carbocycles. The Balaban J connectivity index is 3.67. The Morgan fingerprint density at radius 3 is 2.71 bits per heavy atom. The number of hydrogen-bond donors (Lipinski definition) is 1. The minimum Gasteiger partial charge on any atom is -0.465 e. The lowest BCUT2D eigenvalue weighted by Gasteiger charge is -2.12. The van der Waals surface area contributed by atoms with Gasteiger partial charge in [0.25, 0.3) is 0 Å². The third kappa shape index (κ3) is 6.27. The molecule has 4 heteroatoms. The predicted octanol–water partition coefficient (Wildman–Crippen LogP) is 1.83. The summed E-state index contributed by atoms with van der Waals surface area (Å²) in [5.41, 5.74) is 0. The summed E-state index contributed by atoms with van der Waals surface area (Å²) in [6.07, 6.45) is 2.72. The maximum atomic E-state index is 11.4. The van der Waals surface area contributed by atoms with E-state index in [1.165, 1.54) is 11.8 Å². The van der Waals surface area contributed by atoms with E-state index < -0.39 is 0 Å². The molecule has 14 heavy (non-hydrogen) atoms. The summed E-state index contributed by atoms with van der Waals surface area (Å²) in [6, 6.07) is 0. The fourth-order valence-corrected chi connectivity index (χ4v) is 1.79. The van der Waals surface area contributed by atoms with Crippen molar-refractivity contribution < 1.29 is 14.6 Å². The third-order valence-electron chi connectivity index (χ3n) is 1.79. The molecule has 0 heterocycles. The molecule has 0 rings (SSSR count). The average Bonchev–Trinajstić information content (AvgIpc) is 2.19. The van der Waals surface area contributed by atoms with Gasteiger partial charge in [-0.2, -0.15) is 0 Å². The van der Waals surface area contributed by atoms with E-state index in [0.717, 1.165) is 19.3 Å². The van der Waals surface area contributed by atoms with Crippen molar-refractivity contribution >= 4 is 17.7 Å². The number of hydrogen-bond acceptors (Lipinski definition) is 4. The van der Waals surface area contributed by atoms with Gasteiger partial charge in [0.05, 0.1) is 13.2 Å². The Morgan fingerprint density at radius 2 is 2.21 bits per heavy atom. The fraction of sp³-hybridized carbons (Fsp3) is 0.900. The van der Waals surface area contributed by atoms with Crippen LogP contribution in [0.3, 0.4) is 0 Å². The van der Waals surface area contributed by atoms with E-state index in [0.29, 0.717) is 12.4 Å². The normalized spacial score (nSPS) is 12.5. The van der Waals surface area contributed by atoms with Crippen LogP contribution in [-0.2, 0) is 9.53 Å². The zero-order valence-electron chi connectivity index (χ0n) is 8.99. The van der Waals surface area contributed by atoms with Crippen molar-refractivity contribution in [2.75, 3.05) is 19.0 Å². The fourth-order valence-electron chi connectivity index (χ4n) is 0.958. The zero-order valence-corrected chi connectivity index (χ0v) is 9.81. The first-order valence-corrected chi connectivity index (χ1v) is 6.20. The molecule has 0 aliphatic heterocycles. The van der Waals surface area contributed by atoms with Crippen molar-refractivity contribution in [1.29, 1.82) is 0 Å². The number of aliphatic hydroxyl groups excluding tert-OH is 1. The summed E-state index contributed by atoms with van der Waals surface area (Å²) >= 11 is 1.46. The van der Waals surface area contributed by atoms with E-state index in [1.54, 1.807) is 0 Å². The van der Waals surface area contributed by atoms with Crippen LogP contribution in [0.5, 0.6) is 0 Å². The van der Waals surface area contributed by atoms with Crippen LogP contribution in [0, 0.1) is 0 Å². The van der Waals surface area contributed by atoms with Crippen LogP contribution < -0.4 is 0 Å². The maximum Gasteiger partial charge on any atom is 0.319 e. The second-order valence-electron chi connectivity index (χ2n) is 3.01. The molecule has 0 aromatic rings. The maximum absolute atomic E-state index is 11.4. The van der Waals surface area contributed by atoms with Crippen LogP contribution >= 0.6 is 11.8 Å². The Morgan fingerprint density at radius 1 is 1.50 bits per heavy atom. The zero-order chi connectivity index (χ0) is 10.8. The summed E-state index contributed by atoms with van der Waals surface area (Å²) in [7, 11) is 0. The molecule has 0 aromatic carbocycles. The standard InChI is InChI=1S/C10H20O3S/c1-3-5-7-13-10(12)9(4-2)14-8-6-11/h9,11H,3-8H2,1-2H3. The first-order chi connectivity index (χ1) is 6.76. The highest BCUT2D eigenvalue weighted by Gasteiger charge is 2.17. The van der Waals surface area contributed by atoms with Gasteiger partial charge in [0.15, 0.2) is 0 Å². The molecule has 0 aliphatic carbocycles. The smallest absolute Gasteiger partial charge is 0.319 e. The summed E-state index contributed by atoms with van der Waals surface area (Å²) in [5, 5.41) is 8.52. The van der Waals surface area contributed by atoms with Gasteiger partial charge in [-0.25, -0.2) is 0 Å². The number of thioether (sulfide) groups is 1. The second kappa shape index (κ2) is 9.34. The number of unbranched alkanes of at least 4 members (excludes halogenated alkanes) is 1. The molecule has 3 nitrogen and oxygen atoms in total. The number of rotatable bonds is 8. The lowest BCUT2D eigenvalue weighted by molar-refractivity contribution is -0.143. The molecule has 84 valence electrons. The van der Waals surface area contributed by atoms with Gasteiger partial charge < -0.3 is 9.84 Å². The van der Waals surface area contributed by atoms with Crippen molar-refractivity contribution in [2.45, 2.75) is 38.4 Å². The van der Waals surface area contributed by atoms with Crippen molar-refractivity contribution in [2.24, 2.45) is 0 Å². The third-order valence-corrected chi connectivity index (χ3v) is 3.13. The van der Waals surface area contributed by atoms with E-state index >= 15 is 0 Å². The molecule has 0 aliphatic rings. The molecule has 1 unspecified atom stereocenters. The number of carbonyl (C=O) groups is 1. The quantitative estimate of drug-likeness (QED) is 0.501. The number of aliphatic hydroxyl groups is 1. The highest BCUT2D eigenvalue weighted by atomic mass is 32.2. The van der Waals surface area contributed by atoms with Gasteiger partial charge in [0.2, 0.25) is 0 Å². The number of esters is 1. The number of ether oxygens (including phenoxy) is 1. The monoisotopic (exact) mass is 220 g/mol. The van der Waals surface area contributed by atoms with Crippen molar-refractivity contribution in [3.8, 4) is 0 Å². The van der Waals surface area contributed by atoms with Crippen LogP contribution in [0.2, 0.25) is 0 Å². The predicted molar refractivity (Wildman–Crippen MR) is 59.5 cm³/mol. The van der Waals surface area contributed by atoms with Gasteiger partial charge in [-0.1, -0.05) is 20.3 Å². The Bertz CT molecular complexity index is 150. The molecule has 0 radical (unpaired) electrons. The Labute approximate surface area is 90.2 Å². The minimum atomic E-state index is -0.139. The summed E-state index contributed by atoms with van der Waals surface area (Å²) in [6.45, 7) is 4.65. The largest absolute Gasteiger partial charge is 0.465 e. The molecule has 0 amide bonds. The SMILES string of the molecule is CCCCOC(=O)C(CC)SCCO. The molecular formula is C10H20O3S. The van der Waals surface area contributed by atoms with Gasteiger partial charge >= 0.3 is 5.97 Å². The van der Waals surface area contributed by atoms with E-state index in [9.17, 15) is 4.79 Å². The van der Waals surface area contributed by atoms with E-state index in [1.807, 2.05) is 6.92 Å². The van der Waals surface area contributed by atoms with E-state index in [-0.39, 0.29) is 17.8 Å². The molecule has 0 fully saturated rings. The molecule has 0 aromatic heterocycles. The lowest BCUT2D eigenvalue weighted by Crippen LogP contribution is -2.20. The molecule has 0 saturated heterocycles. The van der Waals surface area contributed by atoms with Crippen molar-refractivity contribution in [3.63, 3.8) is 0 Å². The molecule has 1 N–H and O–H groups in total. The van der Waals surface area contributed by atoms with Crippen LogP contribution in [0.15, 0.2) is 0 Å². The van der Waals surface area contributed by atoms with Gasteiger partial charge in [0.1, 0.15) is 5.25 Å². The Hall–Kier alpha value is -0.220. The van der Waals surface area contributed by atoms with Crippen LogP contribution in [0.25, 0.3) is 0 Å². The Kier molecular flexibility index (Phi) is 9.19. The molecular weight excluding hydrogens is 200 g/mol. The minimum absolute atomic E-state index is 0.112. The molecule has 1 atom stereocenters. The van der Waals surface area contributed by atoms with Gasteiger partial charge in [-0.05, 0) is 12.8 Å². The van der Waals surface area contributed by atoms with Crippen LogP contribution in [0.4, 0.5) is 0 Å². The van der Waals surface area contributed by atoms with Crippen LogP contribution in [-0.4, -0.2) is 35.3 Å². The number of carbonyl (C=O) groups excluding carboxylic acids is 1. The van der Waals surface area contributed by atoms with Gasteiger partial charge in [-0.15, -0.1) is 11.8 Å². The van der Waals surface area contributed by atoms with Crippen molar-refractivity contribution in [3.05, 3.63) is 0 Å². The summed E-state index contributed by atoms with van der Waals surface area (Å²) in [5.74, 6) is 0.459. The average molecular weight is 220 g/mol. The second-order valence-corrected chi connectivity index (χ2v) is 4.32. The highest BCUT2D eigenvalue weighted by molar-refractivity contribution is 8.00. The lowest BCUT2D eigenvalue weighted by atomic mass is 10.3. The first kappa shape index (κ1) is 13.8. The van der Waals surface area contributed by atoms with Crippen molar-refractivity contribution in [1.82, 2.24) is 0 Å².